The van der Waals surface area contributed by atoms with E-state index in [1.165, 1.54) is 0 Å². The predicted molar refractivity (Wildman–Crippen MR) is 53.4 cm³/mol. The zero-order chi connectivity index (χ0) is 10.2. The van der Waals surface area contributed by atoms with Gasteiger partial charge in [-0.1, -0.05) is 27.5 Å². The van der Waals surface area contributed by atoms with E-state index in [4.69, 9.17) is 16.7 Å². The Morgan fingerprint density at radius 2 is 2.00 bits per heavy atom. The summed E-state index contributed by atoms with van der Waals surface area (Å²) in [5.41, 5.74) is 1.33. The minimum atomic E-state index is -1.07. The van der Waals surface area contributed by atoms with Gasteiger partial charge in [-0.3, -0.25) is 0 Å². The molecular formula is C8H7BrClNO2. The van der Waals surface area contributed by atoms with Gasteiger partial charge in [0.05, 0.1) is 0 Å². The van der Waals surface area contributed by atoms with Gasteiger partial charge in [0.25, 0.3) is 0 Å². The molecule has 1 rings (SSSR count). The molecule has 0 unspecified atom stereocenters. The normalized spacial score (nSPS) is 10.2. The first-order valence-corrected chi connectivity index (χ1v) is 4.67. The molecule has 0 amide bonds. The maximum atomic E-state index is 10.7. The van der Waals surface area contributed by atoms with Crippen molar-refractivity contribution in [1.29, 1.82) is 0 Å². The summed E-state index contributed by atoms with van der Waals surface area (Å²) < 4.78 is 0.699. The highest BCUT2D eigenvalue weighted by Gasteiger charge is 2.15. The molecule has 1 N–H and O–H groups in total. The molecule has 0 spiro atoms. The molecule has 0 saturated carbocycles. The highest BCUT2D eigenvalue weighted by molar-refractivity contribution is 9.10. The van der Waals surface area contributed by atoms with E-state index in [9.17, 15) is 4.79 Å². The van der Waals surface area contributed by atoms with Gasteiger partial charge in [-0.15, -0.1) is 0 Å². The van der Waals surface area contributed by atoms with Crippen molar-refractivity contribution in [2.24, 2.45) is 0 Å². The molecule has 70 valence electrons. The van der Waals surface area contributed by atoms with Crippen molar-refractivity contribution in [2.75, 3.05) is 0 Å². The van der Waals surface area contributed by atoms with E-state index in [-0.39, 0.29) is 10.8 Å². The number of hydrogen-bond donors (Lipinski definition) is 1. The second-order valence-electron chi connectivity index (χ2n) is 2.62. The molecule has 0 aliphatic rings. The van der Waals surface area contributed by atoms with Crippen LogP contribution in [0.15, 0.2) is 4.47 Å². The van der Waals surface area contributed by atoms with Gasteiger partial charge in [0, 0.05) is 10.0 Å². The van der Waals surface area contributed by atoms with Crippen LogP contribution in [0.2, 0.25) is 5.15 Å². The fourth-order valence-corrected chi connectivity index (χ4v) is 1.62. The number of halogens is 2. The number of aromatic nitrogens is 1. The number of carboxylic acid groups (broad SMARTS) is 1. The average molecular weight is 265 g/mol. The van der Waals surface area contributed by atoms with Crippen LogP contribution in [-0.4, -0.2) is 16.1 Å². The summed E-state index contributed by atoms with van der Waals surface area (Å²) in [7, 11) is 0. The van der Waals surface area contributed by atoms with Gasteiger partial charge in [-0.05, 0) is 19.4 Å². The van der Waals surface area contributed by atoms with Crippen molar-refractivity contribution in [1.82, 2.24) is 4.98 Å². The molecule has 1 aromatic heterocycles. The lowest BCUT2D eigenvalue weighted by Crippen LogP contribution is -2.05. The molecule has 0 fully saturated rings. The summed E-state index contributed by atoms with van der Waals surface area (Å²) in [5, 5.41) is 8.98. The van der Waals surface area contributed by atoms with Gasteiger partial charge in [0.15, 0.2) is 5.69 Å². The summed E-state index contributed by atoms with van der Waals surface area (Å²) in [6.07, 6.45) is 0. The maximum Gasteiger partial charge on any atom is 0.354 e. The van der Waals surface area contributed by atoms with E-state index in [0.717, 1.165) is 5.56 Å². The Labute approximate surface area is 88.9 Å². The third-order valence-electron chi connectivity index (χ3n) is 1.74. The second kappa shape index (κ2) is 3.64. The van der Waals surface area contributed by atoms with Crippen LogP contribution in [-0.2, 0) is 0 Å². The molecule has 0 atom stereocenters. The number of carbonyl (C=O) groups is 1. The Bertz CT molecular complexity index is 379. The molecule has 1 heterocycles. The first-order valence-electron chi connectivity index (χ1n) is 3.50. The number of rotatable bonds is 1. The van der Waals surface area contributed by atoms with Crippen LogP contribution in [0.5, 0.6) is 0 Å². The lowest BCUT2D eigenvalue weighted by atomic mass is 10.1. The third kappa shape index (κ3) is 1.84. The minimum Gasteiger partial charge on any atom is -0.477 e. The van der Waals surface area contributed by atoms with Gasteiger partial charge in [-0.2, -0.15) is 0 Å². The Kier molecular flexibility index (Phi) is 2.93. The third-order valence-corrected chi connectivity index (χ3v) is 3.29. The summed E-state index contributed by atoms with van der Waals surface area (Å²) in [6.45, 7) is 3.46. The summed E-state index contributed by atoms with van der Waals surface area (Å²) in [5.74, 6) is -1.07. The topological polar surface area (TPSA) is 50.2 Å². The number of aromatic carboxylic acids is 1. The lowest BCUT2D eigenvalue weighted by Gasteiger charge is -2.07. The van der Waals surface area contributed by atoms with Gasteiger partial charge >= 0.3 is 5.97 Å². The number of pyridine rings is 1. The predicted octanol–water partition coefficient (Wildman–Crippen LogP) is 2.81. The Morgan fingerprint density at radius 1 is 1.46 bits per heavy atom. The molecule has 0 aliphatic carbocycles. The lowest BCUT2D eigenvalue weighted by molar-refractivity contribution is 0.0689. The Balaban J connectivity index is 3.50. The minimum absolute atomic E-state index is 0.0116. The molecule has 0 bridgehead atoms. The second-order valence-corrected chi connectivity index (χ2v) is 3.77. The number of carboxylic acids is 1. The van der Waals surface area contributed by atoms with Crippen molar-refractivity contribution in [3.63, 3.8) is 0 Å². The van der Waals surface area contributed by atoms with E-state index in [0.29, 0.717) is 10.0 Å². The molecule has 5 heteroatoms. The zero-order valence-corrected chi connectivity index (χ0v) is 9.40. The van der Waals surface area contributed by atoms with E-state index < -0.39 is 5.97 Å². The van der Waals surface area contributed by atoms with Gasteiger partial charge in [0.2, 0.25) is 0 Å². The smallest absolute Gasteiger partial charge is 0.354 e. The maximum absolute atomic E-state index is 10.7. The van der Waals surface area contributed by atoms with Crippen LogP contribution in [0.1, 0.15) is 21.6 Å². The molecule has 0 aromatic carbocycles. The molecule has 3 nitrogen and oxygen atoms in total. The van der Waals surface area contributed by atoms with E-state index in [1.54, 1.807) is 13.8 Å². The largest absolute Gasteiger partial charge is 0.477 e. The molecule has 1 aromatic rings. The summed E-state index contributed by atoms with van der Waals surface area (Å²) >= 11 is 8.99. The van der Waals surface area contributed by atoms with Gasteiger partial charge < -0.3 is 5.11 Å². The molecule has 0 radical (unpaired) electrons. The van der Waals surface area contributed by atoms with Crippen molar-refractivity contribution in [2.45, 2.75) is 13.8 Å². The summed E-state index contributed by atoms with van der Waals surface area (Å²) in [4.78, 5) is 14.5. The van der Waals surface area contributed by atoms with E-state index in [2.05, 4.69) is 20.9 Å². The Morgan fingerprint density at radius 3 is 2.46 bits per heavy atom. The standard InChI is InChI=1S/C8H7BrClNO2/c1-3-5(9)4(2)7(10)11-6(3)8(12)13/h1-2H3,(H,12,13). The average Bonchev–Trinajstić information content (AvgIpc) is 2.07. The van der Waals surface area contributed by atoms with Crippen LogP contribution >= 0.6 is 27.5 Å². The number of nitrogens with zero attached hydrogens (tertiary/aromatic N) is 1. The van der Waals surface area contributed by atoms with Crippen molar-refractivity contribution in [3.8, 4) is 0 Å². The quantitative estimate of drug-likeness (QED) is 0.794. The van der Waals surface area contributed by atoms with Crippen LogP contribution in [0.25, 0.3) is 0 Å². The molecular weight excluding hydrogens is 257 g/mol. The number of hydrogen-bond acceptors (Lipinski definition) is 2. The monoisotopic (exact) mass is 263 g/mol. The Hall–Kier alpha value is -0.610. The summed E-state index contributed by atoms with van der Waals surface area (Å²) in [6, 6.07) is 0. The van der Waals surface area contributed by atoms with Crippen LogP contribution in [0.3, 0.4) is 0 Å². The van der Waals surface area contributed by atoms with Crippen LogP contribution in [0, 0.1) is 13.8 Å². The fraction of sp³-hybridized carbons (Fsp3) is 0.250. The molecule has 0 aliphatic heterocycles. The molecule has 0 saturated heterocycles. The van der Waals surface area contributed by atoms with Crippen LogP contribution < -0.4 is 0 Å². The first kappa shape index (κ1) is 10.5. The van der Waals surface area contributed by atoms with Crippen LogP contribution in [0.4, 0.5) is 0 Å². The first-order chi connectivity index (χ1) is 5.95. The van der Waals surface area contributed by atoms with E-state index >= 15 is 0 Å². The van der Waals surface area contributed by atoms with Crippen molar-refractivity contribution >= 4 is 33.5 Å². The highest BCUT2D eigenvalue weighted by atomic mass is 79.9. The fourth-order valence-electron chi connectivity index (χ4n) is 0.950. The van der Waals surface area contributed by atoms with E-state index in [1.807, 2.05) is 0 Å². The van der Waals surface area contributed by atoms with Gasteiger partial charge in [-0.25, -0.2) is 9.78 Å². The molecule has 13 heavy (non-hydrogen) atoms. The van der Waals surface area contributed by atoms with Crippen molar-refractivity contribution in [3.05, 3.63) is 26.4 Å². The van der Waals surface area contributed by atoms with Gasteiger partial charge in [0.1, 0.15) is 5.15 Å². The zero-order valence-electron chi connectivity index (χ0n) is 7.06. The van der Waals surface area contributed by atoms with Crippen molar-refractivity contribution < 1.29 is 9.90 Å². The SMILES string of the molecule is Cc1c(Cl)nc(C(=O)O)c(C)c1Br. The highest BCUT2D eigenvalue weighted by Crippen LogP contribution is 2.27.